The number of nitrogens with zero attached hydrogens (tertiary/aromatic N) is 2. The molecule has 8 rings (SSSR count). The first-order chi connectivity index (χ1) is 28.9. The highest BCUT2D eigenvalue weighted by Crippen LogP contribution is 2.49. The second-order valence-electron chi connectivity index (χ2n) is 19.0. The van der Waals surface area contributed by atoms with E-state index in [2.05, 4.69) is 20.1 Å². The summed E-state index contributed by atoms with van der Waals surface area (Å²) in [4.78, 5) is 87.3. The minimum absolute atomic E-state index is 0.118. The third-order valence-electron chi connectivity index (χ3n) is 14.4. The van der Waals surface area contributed by atoms with Crippen molar-refractivity contribution in [2.45, 2.75) is 137 Å². The highest BCUT2D eigenvalue weighted by atomic mass is 32.2. The van der Waals surface area contributed by atoms with Gasteiger partial charge in [0.25, 0.3) is 11.8 Å². The van der Waals surface area contributed by atoms with E-state index in [-0.39, 0.29) is 50.3 Å². The zero-order valence-electron chi connectivity index (χ0n) is 35.0. The molecule has 10 unspecified atom stereocenters. The maximum Gasteiger partial charge on any atom is 0.259 e. The van der Waals surface area contributed by atoms with Gasteiger partial charge in [0.1, 0.15) is 11.1 Å². The standard InChI is InChI=1S/C42H60N6O11S2/c1-47-17-9-5-3-7-11-25-23-41(25,39(53)45-60(55,56)29-13-14-29)43-35(49)31-19-27(21-33(31)37(47)51)59-28-20-32-34(22-28)38(52)48(2)18-10-6-4-8-12-26-24-42(26,44-36(32)50)40(54)46-61(57,58)30-15-16-30/h7-8,11-12,25-34H,3-6,9-10,13-24H2,1-2H3,(H,43,49)(H,44,50)(H,45,53)(H,46,54)/b11-7-,12-8-. The number of amides is 6. The smallest absolute Gasteiger partial charge is 0.259 e. The molecule has 61 heavy (non-hydrogen) atoms. The van der Waals surface area contributed by atoms with Crippen molar-refractivity contribution in [3.63, 3.8) is 0 Å². The number of carbonyl (C=O) groups is 6. The molecule has 10 atom stereocenters. The fourth-order valence-corrected chi connectivity index (χ4v) is 12.8. The summed E-state index contributed by atoms with van der Waals surface area (Å²) < 4.78 is 62.4. The molecule has 0 bridgehead atoms. The summed E-state index contributed by atoms with van der Waals surface area (Å²) in [5, 5.41) is 4.53. The predicted molar refractivity (Wildman–Crippen MR) is 220 cm³/mol. The van der Waals surface area contributed by atoms with E-state index in [1.54, 1.807) is 23.9 Å². The fraction of sp³-hybridized carbons (Fsp3) is 0.762. The van der Waals surface area contributed by atoms with E-state index in [1.807, 2.05) is 24.3 Å². The van der Waals surface area contributed by atoms with Gasteiger partial charge in [0, 0.05) is 39.0 Å². The van der Waals surface area contributed by atoms with Crippen LogP contribution in [0.4, 0.5) is 0 Å². The Bertz CT molecular complexity index is 1960. The lowest BCUT2D eigenvalue weighted by Crippen LogP contribution is -2.54. The fourth-order valence-electron chi connectivity index (χ4n) is 10.1. The van der Waals surface area contributed by atoms with Gasteiger partial charge in [-0.15, -0.1) is 0 Å². The minimum atomic E-state index is -3.89. The summed E-state index contributed by atoms with van der Waals surface area (Å²) in [7, 11) is -4.39. The summed E-state index contributed by atoms with van der Waals surface area (Å²) in [5.74, 6) is -7.36. The van der Waals surface area contributed by atoms with E-state index in [1.165, 1.54) is 0 Å². The molecule has 0 aromatic rings. The number of allylic oxidation sites excluding steroid dienone is 2. The lowest BCUT2D eigenvalue weighted by Gasteiger charge is -2.26. The average molecular weight is 889 g/mol. The first-order valence-corrected chi connectivity index (χ1v) is 25.3. The van der Waals surface area contributed by atoms with Crippen LogP contribution in [0.3, 0.4) is 0 Å². The zero-order valence-corrected chi connectivity index (χ0v) is 36.6. The van der Waals surface area contributed by atoms with Gasteiger partial charge in [-0.3, -0.25) is 38.2 Å². The molecule has 0 spiro atoms. The molecule has 17 nitrogen and oxygen atoms in total. The topological polar surface area (TPSA) is 235 Å². The Balaban J connectivity index is 1.01. The summed E-state index contributed by atoms with van der Waals surface area (Å²) in [5.41, 5.74) is -2.95. The second-order valence-corrected chi connectivity index (χ2v) is 22.9. The van der Waals surface area contributed by atoms with E-state index in [4.69, 9.17) is 4.74 Å². The van der Waals surface area contributed by atoms with Crippen LogP contribution < -0.4 is 20.1 Å². The van der Waals surface area contributed by atoms with E-state index in [9.17, 15) is 45.6 Å². The number of hydrogen-bond donors (Lipinski definition) is 4. The van der Waals surface area contributed by atoms with E-state index in [0.717, 1.165) is 25.7 Å². The van der Waals surface area contributed by atoms with Crippen molar-refractivity contribution in [3.8, 4) is 0 Å². The highest BCUT2D eigenvalue weighted by molar-refractivity contribution is 7.91. The van der Waals surface area contributed by atoms with Crippen molar-refractivity contribution in [3.05, 3.63) is 24.3 Å². The Hall–Kier alpha value is -3.84. The molecule has 336 valence electrons. The zero-order chi connectivity index (χ0) is 43.5. The molecule has 6 saturated carbocycles. The van der Waals surface area contributed by atoms with Crippen LogP contribution in [0.1, 0.15) is 103 Å². The van der Waals surface area contributed by atoms with Crippen molar-refractivity contribution in [1.29, 1.82) is 0 Å². The van der Waals surface area contributed by atoms with Crippen LogP contribution in [-0.2, 0) is 53.6 Å². The molecule has 0 aromatic carbocycles. The maximum atomic E-state index is 14.3. The Labute approximate surface area is 358 Å². The van der Waals surface area contributed by atoms with Crippen LogP contribution in [0.15, 0.2) is 24.3 Å². The Kier molecular flexibility index (Phi) is 12.0. The quantitative estimate of drug-likeness (QED) is 0.253. The molecular weight excluding hydrogens is 829 g/mol. The van der Waals surface area contributed by atoms with Crippen LogP contribution >= 0.6 is 0 Å². The average Bonchev–Trinajstić information content (AvgIpc) is 4.03. The number of hydrogen-bond acceptors (Lipinski definition) is 11. The van der Waals surface area contributed by atoms with Crippen LogP contribution in [0, 0.1) is 35.5 Å². The SMILES string of the molecule is CN1CCCC/C=C\C2CC2(C(=O)NS(=O)(=O)C2CC2)NC(=O)C2CC(OC3CC4C(=O)NC5(C(=O)NS(=O)(=O)C6CC6)CC5/C=C\CCCCN(C)C(=O)C4C3)CC2C1=O. The molecule has 2 aliphatic heterocycles. The molecule has 6 aliphatic carbocycles. The summed E-state index contributed by atoms with van der Waals surface area (Å²) in [6.07, 6.45) is 13.7. The lowest BCUT2D eigenvalue weighted by atomic mass is 9.93. The third-order valence-corrected chi connectivity index (χ3v) is 18.0. The summed E-state index contributed by atoms with van der Waals surface area (Å²) >= 11 is 0. The van der Waals surface area contributed by atoms with E-state index in [0.29, 0.717) is 51.6 Å². The number of fused-ring (bicyclic) bond motifs is 4. The Morgan fingerprint density at radius 3 is 1.38 bits per heavy atom. The van der Waals surface area contributed by atoms with Crippen LogP contribution in [0.5, 0.6) is 0 Å². The summed E-state index contributed by atoms with van der Waals surface area (Å²) in [6, 6.07) is 0. The van der Waals surface area contributed by atoms with Crippen LogP contribution in [-0.4, -0.2) is 123 Å². The molecule has 19 heteroatoms. The molecule has 6 fully saturated rings. The Morgan fingerprint density at radius 2 is 1.00 bits per heavy atom. The summed E-state index contributed by atoms with van der Waals surface area (Å²) in [6.45, 7) is 0.967. The van der Waals surface area contributed by atoms with Gasteiger partial charge in [-0.2, -0.15) is 0 Å². The van der Waals surface area contributed by atoms with Gasteiger partial charge in [-0.25, -0.2) is 16.8 Å². The molecule has 2 heterocycles. The van der Waals surface area contributed by atoms with Crippen molar-refractivity contribution in [1.82, 2.24) is 29.9 Å². The van der Waals surface area contributed by atoms with Gasteiger partial charge in [0.15, 0.2) is 0 Å². The first kappa shape index (κ1) is 43.8. The van der Waals surface area contributed by atoms with Crippen molar-refractivity contribution < 1.29 is 50.3 Å². The number of carbonyl (C=O) groups excluding carboxylic acids is 6. The van der Waals surface area contributed by atoms with E-state index >= 15 is 0 Å². The molecule has 0 radical (unpaired) electrons. The number of ether oxygens (including phenoxy) is 1. The van der Waals surface area contributed by atoms with Crippen LogP contribution in [0.25, 0.3) is 0 Å². The van der Waals surface area contributed by atoms with Crippen LogP contribution in [0.2, 0.25) is 0 Å². The van der Waals surface area contributed by atoms with Gasteiger partial charge in [0.2, 0.25) is 43.7 Å². The lowest BCUT2D eigenvalue weighted by molar-refractivity contribution is -0.141. The van der Waals surface area contributed by atoms with Gasteiger partial charge in [-0.1, -0.05) is 24.3 Å². The molecule has 4 N–H and O–H groups in total. The van der Waals surface area contributed by atoms with Gasteiger partial charge < -0.3 is 25.2 Å². The maximum absolute atomic E-state index is 14.3. The number of sulfonamides is 2. The van der Waals surface area contributed by atoms with Gasteiger partial charge >= 0.3 is 0 Å². The first-order valence-electron chi connectivity index (χ1n) is 22.2. The molecule has 0 saturated heterocycles. The van der Waals surface area contributed by atoms with Crippen molar-refractivity contribution in [2.75, 3.05) is 27.2 Å². The van der Waals surface area contributed by atoms with Crippen molar-refractivity contribution in [2.24, 2.45) is 35.5 Å². The molecule has 6 amide bonds. The van der Waals surface area contributed by atoms with Gasteiger partial charge in [-0.05, 0) is 103 Å². The van der Waals surface area contributed by atoms with Gasteiger partial charge in [0.05, 0.1) is 46.4 Å². The highest BCUT2D eigenvalue weighted by Gasteiger charge is 2.64. The van der Waals surface area contributed by atoms with E-state index < -0.39 is 113 Å². The number of nitrogens with one attached hydrogen (secondary N) is 4. The molecular formula is C42H60N6O11S2. The normalized spacial score (nSPS) is 38.5. The monoisotopic (exact) mass is 888 g/mol. The largest absolute Gasteiger partial charge is 0.375 e. The Morgan fingerprint density at radius 1 is 0.623 bits per heavy atom. The minimum Gasteiger partial charge on any atom is -0.375 e. The second kappa shape index (κ2) is 16.7. The number of rotatable bonds is 8. The molecule has 8 aliphatic rings. The third kappa shape index (κ3) is 9.15. The van der Waals surface area contributed by atoms with Crippen molar-refractivity contribution >= 4 is 55.5 Å². The molecule has 0 aromatic heterocycles. The predicted octanol–water partition coefficient (Wildman–Crippen LogP) is 1.16.